The molecular weight excluding hydrogens is 294 g/mol. The van der Waals surface area contributed by atoms with Gasteiger partial charge in [-0.25, -0.2) is 9.59 Å². The number of amides is 3. The van der Waals surface area contributed by atoms with E-state index < -0.39 is 24.1 Å². The van der Waals surface area contributed by atoms with E-state index in [4.69, 9.17) is 5.73 Å². The molecule has 3 amide bonds. The van der Waals surface area contributed by atoms with Gasteiger partial charge < -0.3 is 21.1 Å². The number of aliphatic carboxylic acids is 1. The molecule has 0 radical (unpaired) electrons. The summed E-state index contributed by atoms with van der Waals surface area (Å²) in [6.45, 7) is 3.59. The molecule has 1 saturated carbocycles. The van der Waals surface area contributed by atoms with Crippen LogP contribution in [-0.4, -0.2) is 51.1 Å². The summed E-state index contributed by atoms with van der Waals surface area (Å²) >= 11 is 1.51. The Balaban J connectivity index is 2.22. The summed E-state index contributed by atoms with van der Waals surface area (Å²) in [4.78, 5) is 36.7. The van der Waals surface area contributed by atoms with Gasteiger partial charge in [-0.3, -0.25) is 4.79 Å². The molecular formula is C13H21N3O4S. The zero-order valence-electron chi connectivity index (χ0n) is 12.1. The molecule has 21 heavy (non-hydrogen) atoms. The Kier molecular flexibility index (Phi) is 4.65. The van der Waals surface area contributed by atoms with Crippen molar-refractivity contribution in [3.05, 3.63) is 0 Å². The van der Waals surface area contributed by atoms with Crippen LogP contribution in [0.15, 0.2) is 0 Å². The van der Waals surface area contributed by atoms with E-state index in [2.05, 4.69) is 5.32 Å². The van der Waals surface area contributed by atoms with E-state index >= 15 is 0 Å². The predicted molar refractivity (Wildman–Crippen MR) is 78.6 cm³/mol. The Bertz CT molecular complexity index is 453. The van der Waals surface area contributed by atoms with E-state index in [1.807, 2.05) is 0 Å². The minimum atomic E-state index is -0.999. The van der Waals surface area contributed by atoms with Crippen LogP contribution < -0.4 is 11.1 Å². The average Bonchev–Trinajstić information content (AvgIpc) is 3.13. The number of rotatable bonds is 5. The van der Waals surface area contributed by atoms with Crippen molar-refractivity contribution in [2.24, 2.45) is 17.6 Å². The van der Waals surface area contributed by atoms with Crippen molar-refractivity contribution < 1.29 is 19.5 Å². The fourth-order valence-corrected chi connectivity index (χ4v) is 4.21. The van der Waals surface area contributed by atoms with E-state index in [-0.39, 0.29) is 17.2 Å². The first-order valence-electron chi connectivity index (χ1n) is 7.05. The SMILES string of the molecule is CC(C)C(NC(N)=O)C(=O)N1C(C(=O)O)CSC1C1CC1. The first kappa shape index (κ1) is 15.9. The molecule has 2 fully saturated rings. The maximum atomic E-state index is 12.8. The number of hydrogen-bond donors (Lipinski definition) is 3. The molecule has 1 saturated heterocycles. The molecule has 3 unspecified atom stereocenters. The molecule has 1 aliphatic heterocycles. The van der Waals surface area contributed by atoms with Crippen molar-refractivity contribution in [1.82, 2.24) is 10.2 Å². The lowest BCUT2D eigenvalue weighted by molar-refractivity contribution is -0.150. The Labute approximate surface area is 127 Å². The molecule has 0 spiro atoms. The van der Waals surface area contributed by atoms with Gasteiger partial charge in [-0.1, -0.05) is 13.8 Å². The van der Waals surface area contributed by atoms with Gasteiger partial charge in [0.05, 0.1) is 5.37 Å². The number of carbonyl (C=O) groups is 3. The zero-order valence-corrected chi connectivity index (χ0v) is 12.9. The zero-order chi connectivity index (χ0) is 15.7. The molecule has 0 aromatic rings. The largest absolute Gasteiger partial charge is 0.480 e. The third-order valence-electron chi connectivity index (χ3n) is 3.83. The van der Waals surface area contributed by atoms with Crippen LogP contribution in [0.4, 0.5) is 4.79 Å². The van der Waals surface area contributed by atoms with Gasteiger partial charge in [0.25, 0.3) is 0 Å². The normalized spacial score (nSPS) is 26.7. The monoisotopic (exact) mass is 315 g/mol. The van der Waals surface area contributed by atoms with Gasteiger partial charge in [0.1, 0.15) is 12.1 Å². The lowest BCUT2D eigenvalue weighted by atomic mass is 10.0. The molecule has 118 valence electrons. The first-order chi connectivity index (χ1) is 9.82. The van der Waals surface area contributed by atoms with E-state index in [1.165, 1.54) is 16.7 Å². The molecule has 7 nitrogen and oxygen atoms in total. The Hall–Kier alpha value is -1.44. The summed E-state index contributed by atoms with van der Waals surface area (Å²) in [6.07, 6.45) is 2.03. The number of thioether (sulfide) groups is 1. The maximum absolute atomic E-state index is 12.8. The summed E-state index contributed by atoms with van der Waals surface area (Å²) in [6, 6.07) is -2.39. The Morgan fingerprint density at radius 3 is 2.38 bits per heavy atom. The molecule has 1 heterocycles. The molecule has 2 rings (SSSR count). The van der Waals surface area contributed by atoms with Crippen LogP contribution in [0.1, 0.15) is 26.7 Å². The van der Waals surface area contributed by atoms with Gasteiger partial charge in [0.2, 0.25) is 5.91 Å². The summed E-state index contributed by atoms with van der Waals surface area (Å²) in [5.74, 6) is -0.753. The second kappa shape index (κ2) is 6.13. The molecule has 0 aromatic heterocycles. The van der Waals surface area contributed by atoms with Crippen molar-refractivity contribution in [2.75, 3.05) is 5.75 Å². The lowest BCUT2D eigenvalue weighted by Crippen LogP contribution is -2.57. The highest BCUT2D eigenvalue weighted by atomic mass is 32.2. The number of carboxylic acid groups (broad SMARTS) is 1. The molecule has 1 aliphatic carbocycles. The Morgan fingerprint density at radius 2 is 1.95 bits per heavy atom. The second-order valence-electron chi connectivity index (χ2n) is 5.89. The van der Waals surface area contributed by atoms with Crippen molar-refractivity contribution in [2.45, 2.75) is 44.1 Å². The van der Waals surface area contributed by atoms with E-state index in [0.29, 0.717) is 11.7 Å². The third-order valence-corrected chi connectivity index (χ3v) is 5.29. The maximum Gasteiger partial charge on any atom is 0.327 e. The van der Waals surface area contributed by atoms with Gasteiger partial charge >= 0.3 is 12.0 Å². The fraction of sp³-hybridized carbons (Fsp3) is 0.769. The highest BCUT2D eigenvalue weighted by molar-refractivity contribution is 8.00. The van der Waals surface area contributed by atoms with E-state index in [9.17, 15) is 19.5 Å². The third kappa shape index (κ3) is 3.42. The summed E-state index contributed by atoms with van der Waals surface area (Å²) < 4.78 is 0. The van der Waals surface area contributed by atoms with E-state index in [1.54, 1.807) is 13.8 Å². The van der Waals surface area contributed by atoms with Crippen LogP contribution in [0.25, 0.3) is 0 Å². The number of nitrogens with one attached hydrogen (secondary N) is 1. The van der Waals surface area contributed by atoms with Gasteiger partial charge in [0.15, 0.2) is 0 Å². The van der Waals surface area contributed by atoms with Crippen molar-refractivity contribution in [3.63, 3.8) is 0 Å². The number of primary amides is 1. The average molecular weight is 315 g/mol. The summed E-state index contributed by atoms with van der Waals surface area (Å²) in [5.41, 5.74) is 5.13. The molecule has 3 atom stereocenters. The topological polar surface area (TPSA) is 113 Å². The van der Waals surface area contributed by atoms with Crippen molar-refractivity contribution in [1.29, 1.82) is 0 Å². The van der Waals surface area contributed by atoms with Gasteiger partial charge in [-0.15, -0.1) is 11.8 Å². The van der Waals surface area contributed by atoms with Crippen LogP contribution in [0.2, 0.25) is 0 Å². The van der Waals surface area contributed by atoms with Crippen molar-refractivity contribution in [3.8, 4) is 0 Å². The number of nitrogens with zero attached hydrogens (tertiary/aromatic N) is 1. The second-order valence-corrected chi connectivity index (χ2v) is 7.04. The highest BCUT2D eigenvalue weighted by Gasteiger charge is 2.49. The molecule has 0 aromatic carbocycles. The summed E-state index contributed by atoms with van der Waals surface area (Å²) in [7, 11) is 0. The molecule has 8 heteroatoms. The summed E-state index contributed by atoms with van der Waals surface area (Å²) in [5, 5.41) is 11.7. The highest BCUT2D eigenvalue weighted by Crippen LogP contribution is 2.45. The van der Waals surface area contributed by atoms with Crippen LogP contribution in [0, 0.1) is 11.8 Å². The van der Waals surface area contributed by atoms with Gasteiger partial charge in [0, 0.05) is 5.75 Å². The fourth-order valence-electron chi connectivity index (χ4n) is 2.57. The number of urea groups is 1. The van der Waals surface area contributed by atoms with Crippen LogP contribution in [0.3, 0.4) is 0 Å². The molecule has 0 bridgehead atoms. The standard InChI is InChI=1S/C13H21N3O4S/c1-6(2)9(15-13(14)20)10(17)16-8(12(18)19)5-21-11(16)7-3-4-7/h6-9,11H,3-5H2,1-2H3,(H,18,19)(H3,14,15,20). The number of hydrogen-bond acceptors (Lipinski definition) is 4. The predicted octanol–water partition coefficient (Wildman–Crippen LogP) is 0.444. The Morgan fingerprint density at radius 1 is 1.33 bits per heavy atom. The number of nitrogens with two attached hydrogens (primary N) is 1. The first-order valence-corrected chi connectivity index (χ1v) is 8.10. The minimum Gasteiger partial charge on any atom is -0.480 e. The molecule has 4 N–H and O–H groups in total. The lowest BCUT2D eigenvalue weighted by Gasteiger charge is -2.32. The van der Waals surface area contributed by atoms with Crippen molar-refractivity contribution >= 4 is 29.7 Å². The van der Waals surface area contributed by atoms with Gasteiger partial charge in [-0.2, -0.15) is 0 Å². The van der Waals surface area contributed by atoms with E-state index in [0.717, 1.165) is 12.8 Å². The smallest absolute Gasteiger partial charge is 0.327 e. The number of carbonyl (C=O) groups excluding carboxylic acids is 2. The van der Waals surface area contributed by atoms with Crippen LogP contribution >= 0.6 is 11.8 Å². The molecule has 2 aliphatic rings. The van der Waals surface area contributed by atoms with Crippen LogP contribution in [0.5, 0.6) is 0 Å². The van der Waals surface area contributed by atoms with Gasteiger partial charge in [-0.05, 0) is 24.7 Å². The minimum absolute atomic E-state index is 0.102. The number of carboxylic acids is 1. The van der Waals surface area contributed by atoms with Crippen LogP contribution in [-0.2, 0) is 9.59 Å². The quantitative estimate of drug-likeness (QED) is 0.681.